The minimum atomic E-state index is 0.165. The fraction of sp³-hybridized carbons (Fsp3) is 0.308. The van der Waals surface area contributed by atoms with E-state index < -0.39 is 0 Å². The van der Waals surface area contributed by atoms with Crippen molar-refractivity contribution in [2.75, 3.05) is 7.11 Å². The van der Waals surface area contributed by atoms with Gasteiger partial charge in [-0.15, -0.1) is 0 Å². The lowest BCUT2D eigenvalue weighted by Crippen LogP contribution is -1.96. The third-order valence-electron chi connectivity index (χ3n) is 2.35. The molecule has 0 radical (unpaired) electrons. The molecule has 1 aromatic carbocycles. The summed E-state index contributed by atoms with van der Waals surface area (Å²) in [6, 6.07) is 5.41. The maximum Gasteiger partial charge on any atom is 0.146 e. The highest BCUT2D eigenvalue weighted by molar-refractivity contribution is 6.32. The average molecular weight is 239 g/mol. The van der Waals surface area contributed by atoms with Crippen LogP contribution in [0.1, 0.15) is 19.4 Å². The standard InChI is InChI=1S/C13H15ClO2/c1-9(2)10(8-15)7-11-12(14)5-4-6-13(11)16-3/h4-9H,1-3H3/b10-7-. The molecule has 0 bridgehead atoms. The molecular weight excluding hydrogens is 224 g/mol. The predicted octanol–water partition coefficient (Wildman–Crippen LogP) is 3.59. The second-order valence-corrected chi connectivity index (χ2v) is 4.18. The van der Waals surface area contributed by atoms with E-state index in [9.17, 15) is 4.79 Å². The van der Waals surface area contributed by atoms with Gasteiger partial charge < -0.3 is 4.74 Å². The van der Waals surface area contributed by atoms with Gasteiger partial charge in [0.05, 0.1) is 12.1 Å². The maximum atomic E-state index is 10.9. The maximum absolute atomic E-state index is 10.9. The number of allylic oxidation sites excluding steroid dienone is 1. The van der Waals surface area contributed by atoms with Crippen molar-refractivity contribution in [2.24, 2.45) is 5.92 Å². The molecule has 0 saturated carbocycles. The average Bonchev–Trinajstić information content (AvgIpc) is 2.26. The number of carbonyl (C=O) groups excluding carboxylic acids is 1. The van der Waals surface area contributed by atoms with E-state index in [0.717, 1.165) is 11.8 Å². The van der Waals surface area contributed by atoms with E-state index in [4.69, 9.17) is 16.3 Å². The fourth-order valence-corrected chi connectivity index (χ4v) is 1.56. The molecular formula is C13H15ClO2. The Hall–Kier alpha value is -1.28. The molecule has 3 heteroatoms. The molecule has 0 heterocycles. The molecule has 86 valence electrons. The Morgan fingerprint density at radius 2 is 2.12 bits per heavy atom. The van der Waals surface area contributed by atoms with Crippen LogP contribution in [-0.2, 0) is 4.79 Å². The van der Waals surface area contributed by atoms with Crippen molar-refractivity contribution in [2.45, 2.75) is 13.8 Å². The number of ether oxygens (including phenoxy) is 1. The van der Waals surface area contributed by atoms with Crippen LogP contribution in [0.2, 0.25) is 5.02 Å². The zero-order valence-corrected chi connectivity index (χ0v) is 10.4. The van der Waals surface area contributed by atoms with Crippen molar-refractivity contribution >= 4 is 24.0 Å². The molecule has 0 aromatic heterocycles. The smallest absolute Gasteiger partial charge is 0.146 e. The Morgan fingerprint density at radius 1 is 1.44 bits per heavy atom. The highest BCUT2D eigenvalue weighted by Gasteiger charge is 2.08. The molecule has 1 aromatic rings. The molecule has 0 unspecified atom stereocenters. The summed E-state index contributed by atoms with van der Waals surface area (Å²) < 4.78 is 5.21. The van der Waals surface area contributed by atoms with Crippen molar-refractivity contribution in [3.63, 3.8) is 0 Å². The van der Waals surface area contributed by atoms with E-state index in [-0.39, 0.29) is 5.92 Å². The van der Waals surface area contributed by atoms with E-state index in [1.165, 1.54) is 0 Å². The molecule has 0 fully saturated rings. The number of aldehydes is 1. The number of carbonyl (C=O) groups is 1. The van der Waals surface area contributed by atoms with Gasteiger partial charge in [0.15, 0.2) is 0 Å². The van der Waals surface area contributed by atoms with Gasteiger partial charge in [0.1, 0.15) is 12.0 Å². The van der Waals surface area contributed by atoms with E-state index in [1.807, 2.05) is 26.0 Å². The van der Waals surface area contributed by atoms with Gasteiger partial charge in [-0.2, -0.15) is 0 Å². The van der Waals surface area contributed by atoms with E-state index in [0.29, 0.717) is 16.3 Å². The molecule has 0 amide bonds. The van der Waals surface area contributed by atoms with E-state index in [1.54, 1.807) is 19.3 Å². The van der Waals surface area contributed by atoms with Crippen molar-refractivity contribution in [1.82, 2.24) is 0 Å². The molecule has 2 nitrogen and oxygen atoms in total. The van der Waals surface area contributed by atoms with Gasteiger partial charge in [0.25, 0.3) is 0 Å². The Balaban J connectivity index is 3.26. The molecule has 0 atom stereocenters. The van der Waals surface area contributed by atoms with Gasteiger partial charge in [0, 0.05) is 5.56 Å². The third kappa shape index (κ3) is 2.86. The first-order valence-electron chi connectivity index (χ1n) is 5.09. The normalized spacial score (nSPS) is 11.7. The minimum Gasteiger partial charge on any atom is -0.496 e. The van der Waals surface area contributed by atoms with Crippen LogP contribution in [0.5, 0.6) is 5.75 Å². The summed E-state index contributed by atoms with van der Waals surface area (Å²) in [4.78, 5) is 10.9. The molecule has 0 saturated heterocycles. The van der Waals surface area contributed by atoms with Crippen LogP contribution in [-0.4, -0.2) is 13.4 Å². The molecule has 0 aliphatic heterocycles. The molecule has 0 spiro atoms. The fourth-order valence-electron chi connectivity index (χ4n) is 1.34. The van der Waals surface area contributed by atoms with Crippen LogP contribution in [0.25, 0.3) is 6.08 Å². The lowest BCUT2D eigenvalue weighted by Gasteiger charge is -2.09. The van der Waals surface area contributed by atoms with E-state index >= 15 is 0 Å². The molecule has 0 N–H and O–H groups in total. The van der Waals surface area contributed by atoms with Crippen LogP contribution in [0.4, 0.5) is 0 Å². The van der Waals surface area contributed by atoms with Crippen molar-refractivity contribution in [3.05, 3.63) is 34.4 Å². The summed E-state index contributed by atoms with van der Waals surface area (Å²) in [6.45, 7) is 3.92. The quantitative estimate of drug-likeness (QED) is 0.592. The Kier molecular flexibility index (Phi) is 4.56. The van der Waals surface area contributed by atoms with Crippen molar-refractivity contribution in [3.8, 4) is 5.75 Å². The number of rotatable bonds is 4. The highest BCUT2D eigenvalue weighted by Crippen LogP contribution is 2.29. The number of methoxy groups -OCH3 is 1. The summed E-state index contributed by atoms with van der Waals surface area (Å²) in [5.74, 6) is 0.839. The third-order valence-corrected chi connectivity index (χ3v) is 2.68. The number of halogens is 1. The molecule has 0 aliphatic carbocycles. The summed E-state index contributed by atoms with van der Waals surface area (Å²) in [6.07, 6.45) is 2.63. The van der Waals surface area contributed by atoms with Gasteiger partial charge in [-0.05, 0) is 29.7 Å². The monoisotopic (exact) mass is 238 g/mol. The molecule has 0 aliphatic rings. The topological polar surface area (TPSA) is 26.3 Å². The summed E-state index contributed by atoms with van der Waals surface area (Å²) in [7, 11) is 1.58. The van der Waals surface area contributed by atoms with Crippen LogP contribution >= 0.6 is 11.6 Å². The SMILES string of the molecule is COc1cccc(Cl)c1/C=C(/C=O)C(C)C. The van der Waals surface area contributed by atoms with E-state index in [2.05, 4.69) is 0 Å². The van der Waals surface area contributed by atoms with Gasteiger partial charge >= 0.3 is 0 Å². The summed E-state index contributed by atoms with van der Waals surface area (Å²) >= 11 is 6.07. The van der Waals surface area contributed by atoms with Gasteiger partial charge in [0.2, 0.25) is 0 Å². The van der Waals surface area contributed by atoms with Crippen molar-refractivity contribution in [1.29, 1.82) is 0 Å². The van der Waals surface area contributed by atoms with Gasteiger partial charge in [-0.25, -0.2) is 0 Å². The van der Waals surface area contributed by atoms with Gasteiger partial charge in [-0.3, -0.25) is 4.79 Å². The first-order chi connectivity index (χ1) is 7.60. The first kappa shape index (κ1) is 12.8. The Labute approximate surface area is 101 Å². The zero-order valence-electron chi connectivity index (χ0n) is 9.66. The second-order valence-electron chi connectivity index (χ2n) is 3.77. The van der Waals surface area contributed by atoms with Crippen LogP contribution in [0, 0.1) is 5.92 Å². The molecule has 16 heavy (non-hydrogen) atoms. The van der Waals surface area contributed by atoms with Crippen LogP contribution < -0.4 is 4.74 Å². The van der Waals surface area contributed by atoms with Crippen molar-refractivity contribution < 1.29 is 9.53 Å². The number of hydrogen-bond donors (Lipinski definition) is 0. The lowest BCUT2D eigenvalue weighted by molar-refractivity contribution is -0.105. The summed E-state index contributed by atoms with van der Waals surface area (Å²) in [5, 5.41) is 0.583. The lowest BCUT2D eigenvalue weighted by atomic mass is 10.0. The minimum absolute atomic E-state index is 0.165. The van der Waals surface area contributed by atoms with Gasteiger partial charge in [-0.1, -0.05) is 31.5 Å². The Bertz CT molecular complexity index is 408. The zero-order chi connectivity index (χ0) is 12.1. The van der Waals surface area contributed by atoms with Crippen LogP contribution in [0.3, 0.4) is 0 Å². The highest BCUT2D eigenvalue weighted by atomic mass is 35.5. The number of hydrogen-bond acceptors (Lipinski definition) is 2. The number of benzene rings is 1. The largest absolute Gasteiger partial charge is 0.496 e. The summed E-state index contributed by atoms with van der Waals surface area (Å²) in [5.41, 5.74) is 1.45. The predicted molar refractivity (Wildman–Crippen MR) is 66.9 cm³/mol. The first-order valence-corrected chi connectivity index (χ1v) is 5.47. The van der Waals surface area contributed by atoms with Crippen LogP contribution in [0.15, 0.2) is 23.8 Å². The molecule has 1 rings (SSSR count). The Morgan fingerprint density at radius 3 is 2.62 bits per heavy atom. The second kappa shape index (κ2) is 5.71.